The predicted molar refractivity (Wildman–Crippen MR) is 21.8 cm³/mol. The maximum Gasteiger partial charge on any atom is 1.00 e. The third-order valence-corrected chi connectivity index (χ3v) is 0.224. The summed E-state index contributed by atoms with van der Waals surface area (Å²) >= 11 is 0. The van der Waals surface area contributed by atoms with Crippen molar-refractivity contribution < 1.29 is 129 Å². The van der Waals surface area contributed by atoms with Crippen LogP contribution in [0.4, 0.5) is 0 Å². The summed E-state index contributed by atoms with van der Waals surface area (Å²) in [6, 6.07) is 0. The summed E-state index contributed by atoms with van der Waals surface area (Å²) in [5.74, 6) is 0. The molecule has 0 aliphatic rings. The van der Waals surface area contributed by atoms with Crippen LogP contribution in [0, 0.1) is 0 Å². The van der Waals surface area contributed by atoms with Gasteiger partial charge in [0.25, 0.3) is 0 Å². The van der Waals surface area contributed by atoms with E-state index in [0.717, 1.165) is 6.42 Å². The molecule has 0 aromatic rings. The molecule has 0 radical (unpaired) electrons. The summed E-state index contributed by atoms with van der Waals surface area (Å²) in [5, 5.41) is 7.88. The molecule has 0 saturated carbocycles. The Morgan fingerprint density at radius 2 is 1.25 bits per heavy atom. The number of hydrogen-bond donors (Lipinski definition) is 1. The van der Waals surface area contributed by atoms with Crippen LogP contribution in [0.2, 0.25) is 0 Å². The summed E-state index contributed by atoms with van der Waals surface area (Å²) < 4.78 is 0. The van der Waals surface area contributed by atoms with Crippen LogP contribution in [-0.4, -0.2) is 11.7 Å². The molecule has 34 valence electrons. The van der Waals surface area contributed by atoms with Crippen LogP contribution in [0.3, 0.4) is 0 Å². The number of aliphatic hydroxyl groups excluding tert-OH is 1. The van der Waals surface area contributed by atoms with E-state index >= 15 is 0 Å². The molecule has 0 fully saturated rings. The number of rotatable bonds is 1. The summed E-state index contributed by atoms with van der Waals surface area (Å²) in [6.07, 6.45) is 0.875. The summed E-state index contributed by atoms with van der Waals surface area (Å²) in [5.41, 5.74) is 0. The molecule has 0 heterocycles. The van der Waals surface area contributed by atoms with Gasteiger partial charge in [-0.05, 0) is 6.42 Å². The number of hydrogen-bond acceptors (Lipinski definition) is 1. The van der Waals surface area contributed by atoms with Crippen molar-refractivity contribution in [1.82, 2.24) is 0 Å². The van der Waals surface area contributed by atoms with Crippen LogP contribution in [0.15, 0.2) is 0 Å². The minimum Gasteiger partial charge on any atom is -1.00 e. The minimum atomic E-state index is 0. The molecule has 0 spiro atoms. The Balaban J connectivity index is -0.00000000161. The van der Waals surface area contributed by atoms with Gasteiger partial charge in [0, 0.05) is 6.61 Å². The molecule has 0 unspecified atom stereocenters. The topological polar surface area (TPSA) is 20.2 Å². The second-order valence-corrected chi connectivity index (χ2v) is 0.724. The fraction of sp³-hybridized carbons (Fsp3) is 1.00. The summed E-state index contributed by atoms with van der Waals surface area (Å²) in [4.78, 5) is 0. The van der Waals surface area contributed by atoms with Crippen molar-refractivity contribution in [2.24, 2.45) is 0 Å². The van der Waals surface area contributed by atoms with Gasteiger partial charge >= 0.3 is 118 Å². The molecular formula is C3H12Na4O. The van der Waals surface area contributed by atoms with Gasteiger partial charge in [-0.15, -0.1) is 0 Å². The van der Waals surface area contributed by atoms with E-state index in [0.29, 0.717) is 6.61 Å². The van der Waals surface area contributed by atoms with Crippen LogP contribution in [0.25, 0.3) is 0 Å². The smallest absolute Gasteiger partial charge is 1.00 e. The van der Waals surface area contributed by atoms with Gasteiger partial charge in [-0.1, -0.05) is 6.92 Å². The van der Waals surface area contributed by atoms with Crippen LogP contribution in [0.5, 0.6) is 0 Å². The minimum absolute atomic E-state index is 0. The normalized spacial score (nSPS) is 3.75. The fourth-order valence-electron chi connectivity index (χ4n) is 0. The van der Waals surface area contributed by atoms with Crippen molar-refractivity contribution >= 4 is 0 Å². The van der Waals surface area contributed by atoms with Crippen molar-refractivity contribution in [3.63, 3.8) is 0 Å². The molecule has 0 amide bonds. The van der Waals surface area contributed by atoms with Crippen molar-refractivity contribution in [2.75, 3.05) is 6.61 Å². The molecule has 0 bridgehead atoms. The van der Waals surface area contributed by atoms with Crippen molar-refractivity contribution in [2.45, 2.75) is 13.3 Å². The first-order valence-electron chi connectivity index (χ1n) is 1.52. The monoisotopic (exact) mass is 156 g/mol. The third kappa shape index (κ3) is 32.5. The maximum atomic E-state index is 7.88. The Bertz CT molecular complexity index is 24.3. The zero-order chi connectivity index (χ0) is 3.41. The van der Waals surface area contributed by atoms with E-state index in [1.807, 2.05) is 6.92 Å². The fourth-order valence-corrected chi connectivity index (χ4v) is 0. The molecular weight excluding hydrogens is 144 g/mol. The average molecular weight is 156 g/mol. The molecule has 0 aliphatic heterocycles. The zero-order valence-electron chi connectivity index (χ0n) is 10.9. The molecule has 0 aliphatic carbocycles. The van der Waals surface area contributed by atoms with Gasteiger partial charge in [0.05, 0.1) is 0 Å². The van der Waals surface area contributed by atoms with E-state index in [1.54, 1.807) is 0 Å². The predicted octanol–water partition coefficient (Wildman–Crippen LogP) is -11.1. The third-order valence-electron chi connectivity index (χ3n) is 0.224. The number of aliphatic hydroxyl groups is 1. The maximum absolute atomic E-state index is 7.88. The molecule has 0 aromatic heterocycles. The Kier molecular flexibility index (Phi) is 113. The molecule has 0 saturated heterocycles. The molecule has 1 N–H and O–H groups in total. The Morgan fingerprint density at radius 1 is 1.12 bits per heavy atom. The van der Waals surface area contributed by atoms with E-state index in [1.165, 1.54) is 0 Å². The van der Waals surface area contributed by atoms with Gasteiger partial charge in [0.1, 0.15) is 0 Å². The largest absolute Gasteiger partial charge is 1.00 e. The van der Waals surface area contributed by atoms with Gasteiger partial charge in [0.2, 0.25) is 0 Å². The van der Waals surface area contributed by atoms with E-state index < -0.39 is 0 Å². The van der Waals surface area contributed by atoms with Crippen molar-refractivity contribution in [3.8, 4) is 0 Å². The summed E-state index contributed by atoms with van der Waals surface area (Å²) in [7, 11) is 0. The van der Waals surface area contributed by atoms with Crippen molar-refractivity contribution in [1.29, 1.82) is 0 Å². The quantitative estimate of drug-likeness (QED) is 0.374. The first-order valence-corrected chi connectivity index (χ1v) is 1.52. The molecule has 0 aromatic carbocycles. The van der Waals surface area contributed by atoms with Crippen LogP contribution >= 0.6 is 0 Å². The SMILES string of the molecule is CCCO.[H-].[H-].[H-].[H-].[Na+].[Na+].[Na+].[Na+]. The molecule has 1 nitrogen and oxygen atoms in total. The van der Waals surface area contributed by atoms with Gasteiger partial charge < -0.3 is 10.8 Å². The second-order valence-electron chi connectivity index (χ2n) is 0.724. The van der Waals surface area contributed by atoms with Crippen LogP contribution < -0.4 is 118 Å². The van der Waals surface area contributed by atoms with Crippen molar-refractivity contribution in [3.05, 3.63) is 0 Å². The Morgan fingerprint density at radius 3 is 1.25 bits per heavy atom. The Labute approximate surface area is 146 Å². The molecule has 8 heavy (non-hydrogen) atoms. The van der Waals surface area contributed by atoms with E-state index in [4.69, 9.17) is 5.11 Å². The standard InChI is InChI=1S/C3H8O.4Na.4H/c1-2-3-4;;;;;;;;/h4H,2-3H2,1H3;;;;;;;;/q;4*+1;4*-1. The summed E-state index contributed by atoms with van der Waals surface area (Å²) in [6.45, 7) is 2.25. The molecule has 0 atom stereocenters. The van der Waals surface area contributed by atoms with Crippen LogP contribution in [-0.2, 0) is 0 Å². The van der Waals surface area contributed by atoms with E-state index in [-0.39, 0.29) is 124 Å². The molecule has 5 heteroatoms. The first-order chi connectivity index (χ1) is 1.91. The van der Waals surface area contributed by atoms with Crippen LogP contribution in [0.1, 0.15) is 19.1 Å². The van der Waals surface area contributed by atoms with E-state index in [2.05, 4.69) is 0 Å². The molecule has 0 rings (SSSR count). The average Bonchev–Trinajstić information content (AvgIpc) is 1.37. The van der Waals surface area contributed by atoms with Gasteiger partial charge in [-0.2, -0.15) is 0 Å². The first kappa shape index (κ1) is 29.7. The van der Waals surface area contributed by atoms with Gasteiger partial charge in [0.15, 0.2) is 0 Å². The Hall–Kier alpha value is 3.96. The van der Waals surface area contributed by atoms with Gasteiger partial charge in [-0.25, -0.2) is 0 Å². The van der Waals surface area contributed by atoms with E-state index in [9.17, 15) is 0 Å². The second kappa shape index (κ2) is 30.6. The zero-order valence-corrected chi connectivity index (χ0v) is 14.9. The van der Waals surface area contributed by atoms with Gasteiger partial charge in [-0.3, -0.25) is 0 Å².